The number of nitrogens with two attached hydrogens (primary N) is 1. The SMILES string of the molecule is CCCN(CCC)CCn1c(=O)n(Cc2ncc(C)c(C)c2C)c2nc(N)nc(Cl)c21. The zero-order chi connectivity index (χ0) is 22.7. The lowest BCUT2D eigenvalue weighted by molar-refractivity contribution is 0.263. The monoisotopic (exact) mass is 445 g/mol. The van der Waals surface area contributed by atoms with Gasteiger partial charge in [-0.05, 0) is 63.4 Å². The van der Waals surface area contributed by atoms with Crippen LogP contribution < -0.4 is 11.4 Å². The Morgan fingerprint density at radius 1 is 1.03 bits per heavy atom. The van der Waals surface area contributed by atoms with Crippen molar-refractivity contribution in [3.05, 3.63) is 44.2 Å². The topological polar surface area (TPSA) is 94.9 Å². The fourth-order valence-corrected chi connectivity index (χ4v) is 4.21. The van der Waals surface area contributed by atoms with Crippen molar-refractivity contribution in [3.8, 4) is 0 Å². The average Bonchev–Trinajstić information content (AvgIpc) is 2.98. The number of nitrogen functional groups attached to an aromatic ring is 1. The van der Waals surface area contributed by atoms with Gasteiger partial charge in [0.1, 0.15) is 5.52 Å². The molecular formula is C22H32ClN7O. The molecule has 31 heavy (non-hydrogen) atoms. The van der Waals surface area contributed by atoms with E-state index in [-0.39, 0.29) is 16.8 Å². The van der Waals surface area contributed by atoms with Crippen LogP contribution in [0.1, 0.15) is 49.1 Å². The lowest BCUT2D eigenvalue weighted by Crippen LogP contribution is -2.33. The molecule has 0 aliphatic heterocycles. The van der Waals surface area contributed by atoms with Gasteiger partial charge >= 0.3 is 5.69 Å². The molecule has 0 aliphatic rings. The van der Waals surface area contributed by atoms with Gasteiger partial charge in [-0.2, -0.15) is 9.97 Å². The van der Waals surface area contributed by atoms with Crippen LogP contribution >= 0.6 is 11.6 Å². The maximum Gasteiger partial charge on any atom is 0.330 e. The molecule has 2 N–H and O–H groups in total. The average molecular weight is 446 g/mol. The first-order chi connectivity index (χ1) is 14.8. The minimum Gasteiger partial charge on any atom is -0.368 e. The van der Waals surface area contributed by atoms with Gasteiger partial charge in [-0.15, -0.1) is 0 Å². The number of imidazole rings is 1. The van der Waals surface area contributed by atoms with Gasteiger partial charge in [-0.25, -0.2) is 4.79 Å². The van der Waals surface area contributed by atoms with Crippen LogP contribution in [0.4, 0.5) is 5.95 Å². The van der Waals surface area contributed by atoms with Gasteiger partial charge in [-0.1, -0.05) is 25.4 Å². The minimum atomic E-state index is -0.177. The molecule has 0 aliphatic carbocycles. The third kappa shape index (κ3) is 4.75. The van der Waals surface area contributed by atoms with E-state index < -0.39 is 0 Å². The summed E-state index contributed by atoms with van der Waals surface area (Å²) in [6.45, 7) is 14.0. The normalized spacial score (nSPS) is 11.7. The van der Waals surface area contributed by atoms with Crippen molar-refractivity contribution in [2.45, 2.75) is 60.5 Å². The Morgan fingerprint density at radius 3 is 2.35 bits per heavy atom. The van der Waals surface area contributed by atoms with Crippen LogP contribution in [0.5, 0.6) is 0 Å². The van der Waals surface area contributed by atoms with Crippen LogP contribution in [0.2, 0.25) is 5.15 Å². The number of rotatable bonds is 9. The highest BCUT2D eigenvalue weighted by molar-refractivity contribution is 6.33. The van der Waals surface area contributed by atoms with E-state index in [2.05, 4.69) is 40.6 Å². The molecule has 9 heteroatoms. The number of hydrogen-bond donors (Lipinski definition) is 1. The van der Waals surface area contributed by atoms with Gasteiger partial charge in [0.15, 0.2) is 10.8 Å². The molecule has 0 spiro atoms. The number of pyridine rings is 1. The summed E-state index contributed by atoms with van der Waals surface area (Å²) in [6, 6.07) is 0. The highest BCUT2D eigenvalue weighted by Crippen LogP contribution is 2.22. The van der Waals surface area contributed by atoms with Crippen LogP contribution in [-0.2, 0) is 13.1 Å². The van der Waals surface area contributed by atoms with E-state index in [1.807, 2.05) is 20.0 Å². The molecule has 3 aromatic rings. The van der Waals surface area contributed by atoms with E-state index in [1.165, 1.54) is 5.56 Å². The Hall–Kier alpha value is -2.45. The molecule has 8 nitrogen and oxygen atoms in total. The minimum absolute atomic E-state index is 0.0479. The van der Waals surface area contributed by atoms with Crippen LogP contribution in [0, 0.1) is 20.8 Å². The fraction of sp³-hybridized carbons (Fsp3) is 0.545. The van der Waals surface area contributed by atoms with Gasteiger partial charge in [0.25, 0.3) is 0 Å². The van der Waals surface area contributed by atoms with Crippen LogP contribution in [0.3, 0.4) is 0 Å². The van der Waals surface area contributed by atoms with Crippen molar-refractivity contribution in [1.29, 1.82) is 0 Å². The third-order valence-electron chi connectivity index (χ3n) is 5.86. The number of hydrogen-bond acceptors (Lipinski definition) is 6. The molecule has 168 valence electrons. The Kier molecular flexibility index (Phi) is 7.33. The molecule has 0 atom stereocenters. The summed E-state index contributed by atoms with van der Waals surface area (Å²) < 4.78 is 3.28. The zero-order valence-electron chi connectivity index (χ0n) is 19.1. The van der Waals surface area contributed by atoms with E-state index >= 15 is 0 Å². The van der Waals surface area contributed by atoms with Crippen molar-refractivity contribution < 1.29 is 0 Å². The van der Waals surface area contributed by atoms with Crippen LogP contribution in [0.25, 0.3) is 11.2 Å². The van der Waals surface area contributed by atoms with E-state index in [9.17, 15) is 4.79 Å². The Labute approximate surface area is 188 Å². The third-order valence-corrected chi connectivity index (χ3v) is 6.12. The molecule has 0 bridgehead atoms. The summed E-state index contributed by atoms with van der Waals surface area (Å²) in [7, 11) is 0. The molecule has 3 aromatic heterocycles. The Bertz CT molecular complexity index is 1130. The largest absolute Gasteiger partial charge is 0.368 e. The van der Waals surface area contributed by atoms with E-state index in [0.717, 1.165) is 49.3 Å². The quantitative estimate of drug-likeness (QED) is 0.507. The molecule has 3 heterocycles. The second-order valence-corrected chi connectivity index (χ2v) is 8.40. The number of nitrogens with zero attached hydrogens (tertiary/aromatic N) is 6. The van der Waals surface area contributed by atoms with Crippen LogP contribution in [-0.4, -0.2) is 48.6 Å². The predicted molar refractivity (Wildman–Crippen MR) is 126 cm³/mol. The summed E-state index contributed by atoms with van der Waals surface area (Å²) >= 11 is 6.44. The lowest BCUT2D eigenvalue weighted by Gasteiger charge is -2.20. The Morgan fingerprint density at radius 2 is 1.71 bits per heavy atom. The van der Waals surface area contributed by atoms with Crippen LogP contribution in [0.15, 0.2) is 11.0 Å². The molecule has 0 unspecified atom stereocenters. The lowest BCUT2D eigenvalue weighted by atomic mass is 10.0. The van der Waals surface area contributed by atoms with Crippen molar-refractivity contribution in [3.63, 3.8) is 0 Å². The second kappa shape index (κ2) is 9.78. The summed E-state index contributed by atoms with van der Waals surface area (Å²) in [4.78, 5) is 28.9. The van der Waals surface area contributed by atoms with Gasteiger partial charge in [-0.3, -0.25) is 14.1 Å². The van der Waals surface area contributed by atoms with Crippen molar-refractivity contribution in [1.82, 2.24) is 29.0 Å². The standard InChI is InChI=1S/C22H32ClN7O/c1-6-8-28(9-7-2)10-11-29-18-19(23)26-21(24)27-20(18)30(22(29)31)13-17-16(5)15(4)14(3)12-25-17/h12H,6-11,13H2,1-5H3,(H2,24,26,27). The molecule has 0 fully saturated rings. The molecule has 0 amide bonds. The highest BCUT2D eigenvalue weighted by atomic mass is 35.5. The molecule has 0 aromatic carbocycles. The number of halogens is 1. The van der Waals surface area contributed by atoms with Crippen molar-refractivity contribution >= 4 is 28.7 Å². The van der Waals surface area contributed by atoms with Gasteiger partial charge in [0.2, 0.25) is 5.95 Å². The summed E-state index contributed by atoms with van der Waals surface area (Å²) in [5.74, 6) is 0.0479. The predicted octanol–water partition coefficient (Wildman–Crippen LogP) is 3.32. The molecular weight excluding hydrogens is 414 g/mol. The summed E-state index contributed by atoms with van der Waals surface area (Å²) in [6.07, 6.45) is 3.97. The van der Waals surface area contributed by atoms with E-state index in [4.69, 9.17) is 17.3 Å². The highest BCUT2D eigenvalue weighted by Gasteiger charge is 2.21. The molecule has 0 saturated heterocycles. The first-order valence-corrected chi connectivity index (χ1v) is 11.2. The zero-order valence-corrected chi connectivity index (χ0v) is 19.8. The van der Waals surface area contributed by atoms with Gasteiger partial charge in [0.05, 0.1) is 12.2 Å². The van der Waals surface area contributed by atoms with Gasteiger partial charge in [0, 0.05) is 19.3 Å². The number of anilines is 1. The Balaban J connectivity index is 2.07. The summed E-state index contributed by atoms with van der Waals surface area (Å²) in [5.41, 5.74) is 10.8. The second-order valence-electron chi connectivity index (χ2n) is 8.04. The summed E-state index contributed by atoms with van der Waals surface area (Å²) in [5, 5.41) is 0.195. The van der Waals surface area contributed by atoms with E-state index in [1.54, 1.807) is 9.13 Å². The number of aromatic nitrogens is 5. The maximum absolute atomic E-state index is 13.5. The number of fused-ring (bicyclic) bond motifs is 1. The first-order valence-electron chi connectivity index (χ1n) is 10.8. The van der Waals surface area contributed by atoms with E-state index in [0.29, 0.717) is 24.3 Å². The van der Waals surface area contributed by atoms with Crippen molar-refractivity contribution in [2.24, 2.45) is 0 Å². The maximum atomic E-state index is 13.5. The number of aryl methyl sites for hydroxylation is 1. The molecule has 0 saturated carbocycles. The fourth-order valence-electron chi connectivity index (χ4n) is 3.93. The molecule has 3 rings (SSSR count). The first kappa shape index (κ1) is 23.2. The van der Waals surface area contributed by atoms with Gasteiger partial charge < -0.3 is 10.6 Å². The molecule has 0 radical (unpaired) electrons. The smallest absolute Gasteiger partial charge is 0.330 e. The van der Waals surface area contributed by atoms with Crippen molar-refractivity contribution in [2.75, 3.05) is 25.4 Å².